The maximum atomic E-state index is 11.3. The summed E-state index contributed by atoms with van der Waals surface area (Å²) in [7, 11) is 1.47. The Morgan fingerprint density at radius 2 is 2.31 bits per heavy atom. The van der Waals surface area contributed by atoms with E-state index in [0.717, 1.165) is 9.80 Å². The summed E-state index contributed by atoms with van der Waals surface area (Å²) < 4.78 is 0. The van der Waals surface area contributed by atoms with Crippen molar-refractivity contribution in [2.24, 2.45) is 5.73 Å². The highest BCUT2D eigenvalue weighted by Crippen LogP contribution is 2.07. The number of carbonyl (C=O) groups excluding carboxylic acids is 2. The normalized spacial score (nSPS) is 17.1. The van der Waals surface area contributed by atoms with E-state index in [2.05, 4.69) is 0 Å². The van der Waals surface area contributed by atoms with E-state index < -0.39 is 0 Å². The molecular formula is C7H12N4O2. The lowest BCUT2D eigenvalue weighted by atomic mass is 10.4. The van der Waals surface area contributed by atoms with Crippen LogP contribution in [0.5, 0.6) is 0 Å². The molecule has 0 aromatic rings. The van der Waals surface area contributed by atoms with Gasteiger partial charge in [0.2, 0.25) is 17.8 Å². The molecule has 1 rings (SSSR count). The molecule has 1 fully saturated rings. The van der Waals surface area contributed by atoms with E-state index in [1.54, 1.807) is 0 Å². The van der Waals surface area contributed by atoms with Gasteiger partial charge in [0.05, 0.1) is 0 Å². The molecule has 0 bridgehead atoms. The van der Waals surface area contributed by atoms with Crippen LogP contribution >= 0.6 is 0 Å². The minimum absolute atomic E-state index is 0.0336. The van der Waals surface area contributed by atoms with Gasteiger partial charge in [0.25, 0.3) is 0 Å². The molecule has 0 spiro atoms. The lowest BCUT2D eigenvalue weighted by Gasteiger charge is -2.14. The van der Waals surface area contributed by atoms with E-state index in [0.29, 0.717) is 0 Å². The van der Waals surface area contributed by atoms with Gasteiger partial charge >= 0.3 is 0 Å². The first-order valence-electron chi connectivity index (χ1n) is 3.93. The molecule has 0 saturated carbocycles. The number of likely N-dealkylation sites (N-methyl/N-ethyl adjacent to an activating group) is 1. The largest absolute Gasteiger partial charge is 0.330 e. The monoisotopic (exact) mass is 184 g/mol. The number of nitrogens with two attached hydrogens (primary N) is 1. The second kappa shape index (κ2) is 3.53. The number of hydrogen-bond acceptors (Lipinski definition) is 4. The molecule has 0 aliphatic carbocycles. The van der Waals surface area contributed by atoms with Crippen molar-refractivity contribution in [1.82, 2.24) is 9.80 Å². The highest BCUT2D eigenvalue weighted by Gasteiger charge is 2.33. The van der Waals surface area contributed by atoms with Crippen molar-refractivity contribution in [3.63, 3.8) is 0 Å². The van der Waals surface area contributed by atoms with E-state index >= 15 is 0 Å². The number of guanidine groups is 1. The predicted octanol–water partition coefficient (Wildman–Crippen LogP) is -1.43. The van der Waals surface area contributed by atoms with Crippen molar-refractivity contribution in [2.75, 3.05) is 20.1 Å². The van der Waals surface area contributed by atoms with E-state index in [1.807, 2.05) is 0 Å². The molecule has 1 saturated heterocycles. The first kappa shape index (κ1) is 9.66. The van der Waals surface area contributed by atoms with E-state index in [-0.39, 0.29) is 37.3 Å². The Balaban J connectivity index is 2.68. The minimum atomic E-state index is -0.273. The van der Waals surface area contributed by atoms with Gasteiger partial charge in [-0.25, -0.2) is 0 Å². The molecule has 1 aliphatic rings. The van der Waals surface area contributed by atoms with Crippen LogP contribution in [0.3, 0.4) is 0 Å². The molecule has 6 nitrogen and oxygen atoms in total. The zero-order chi connectivity index (χ0) is 10.0. The van der Waals surface area contributed by atoms with Gasteiger partial charge in [-0.1, -0.05) is 0 Å². The zero-order valence-corrected chi connectivity index (χ0v) is 7.41. The second-order valence-corrected chi connectivity index (χ2v) is 2.79. The Hall–Kier alpha value is -1.43. The number of hydrogen-bond donors (Lipinski definition) is 2. The molecule has 13 heavy (non-hydrogen) atoms. The van der Waals surface area contributed by atoms with Crippen LogP contribution in [0.4, 0.5) is 0 Å². The fraction of sp³-hybridized carbons (Fsp3) is 0.571. The first-order valence-corrected chi connectivity index (χ1v) is 3.93. The molecule has 1 heterocycles. The molecule has 0 atom stereocenters. The predicted molar refractivity (Wildman–Crippen MR) is 45.9 cm³/mol. The smallest absolute Gasteiger partial charge is 0.249 e. The van der Waals surface area contributed by atoms with Crippen LogP contribution in [-0.4, -0.2) is 47.7 Å². The maximum absolute atomic E-state index is 11.3. The van der Waals surface area contributed by atoms with Crippen molar-refractivity contribution in [3.8, 4) is 0 Å². The number of nitrogens with one attached hydrogen (secondary N) is 1. The summed E-state index contributed by atoms with van der Waals surface area (Å²) in [6, 6.07) is 0. The number of nitrogens with zero attached hydrogens (tertiary/aromatic N) is 2. The van der Waals surface area contributed by atoms with E-state index in [9.17, 15) is 9.59 Å². The van der Waals surface area contributed by atoms with Gasteiger partial charge in [0.15, 0.2) is 0 Å². The summed E-state index contributed by atoms with van der Waals surface area (Å²) in [6.07, 6.45) is 0.170. The SMILES string of the molecule is CN1C(=N)N(C(=O)CCN)CC1=O. The fourth-order valence-corrected chi connectivity index (χ4v) is 1.08. The fourth-order valence-electron chi connectivity index (χ4n) is 1.08. The molecule has 2 amide bonds. The summed E-state index contributed by atoms with van der Waals surface area (Å²) in [5, 5.41) is 7.42. The first-order chi connectivity index (χ1) is 6.07. The zero-order valence-electron chi connectivity index (χ0n) is 7.41. The number of carbonyl (C=O) groups is 2. The summed E-state index contributed by atoms with van der Waals surface area (Å²) >= 11 is 0. The van der Waals surface area contributed by atoms with Crippen LogP contribution in [0.15, 0.2) is 0 Å². The molecular weight excluding hydrogens is 172 g/mol. The van der Waals surface area contributed by atoms with Crippen molar-refractivity contribution in [2.45, 2.75) is 6.42 Å². The molecule has 0 unspecified atom stereocenters. The third kappa shape index (κ3) is 1.67. The molecule has 72 valence electrons. The lowest BCUT2D eigenvalue weighted by Crippen LogP contribution is -2.36. The van der Waals surface area contributed by atoms with E-state index in [1.165, 1.54) is 7.05 Å². The van der Waals surface area contributed by atoms with Gasteiger partial charge in [-0.2, -0.15) is 0 Å². The standard InChI is InChI=1S/C7H12N4O2/c1-10-6(13)4-11(7(10)9)5(12)2-3-8/h9H,2-4,8H2,1H3. The maximum Gasteiger partial charge on any atom is 0.249 e. The Morgan fingerprint density at radius 1 is 1.69 bits per heavy atom. The van der Waals surface area contributed by atoms with Crippen molar-refractivity contribution >= 4 is 17.8 Å². The summed E-state index contributed by atoms with van der Waals surface area (Å²) in [5.41, 5.74) is 5.20. The average molecular weight is 184 g/mol. The molecule has 0 aromatic carbocycles. The molecule has 1 aliphatic heterocycles. The molecule has 0 radical (unpaired) electrons. The van der Waals surface area contributed by atoms with Crippen LogP contribution in [-0.2, 0) is 9.59 Å². The number of amides is 2. The summed E-state index contributed by atoms with van der Waals surface area (Å²) in [5.74, 6) is -0.580. The summed E-state index contributed by atoms with van der Waals surface area (Å²) in [6.45, 7) is 0.203. The Labute approximate surface area is 75.8 Å². The van der Waals surface area contributed by atoms with Gasteiger partial charge in [-0.3, -0.25) is 24.8 Å². The van der Waals surface area contributed by atoms with Crippen LogP contribution in [0.25, 0.3) is 0 Å². The lowest BCUT2D eigenvalue weighted by molar-refractivity contribution is -0.130. The topological polar surface area (TPSA) is 90.5 Å². The summed E-state index contributed by atoms with van der Waals surface area (Å²) in [4.78, 5) is 24.6. The Morgan fingerprint density at radius 3 is 2.69 bits per heavy atom. The van der Waals surface area contributed by atoms with Crippen LogP contribution in [0.2, 0.25) is 0 Å². The molecule has 0 aromatic heterocycles. The Kier molecular flexibility index (Phi) is 2.62. The second-order valence-electron chi connectivity index (χ2n) is 2.79. The van der Waals surface area contributed by atoms with Crippen molar-refractivity contribution in [3.05, 3.63) is 0 Å². The third-order valence-corrected chi connectivity index (χ3v) is 1.90. The van der Waals surface area contributed by atoms with Gasteiger partial charge in [0, 0.05) is 20.0 Å². The van der Waals surface area contributed by atoms with Gasteiger partial charge in [-0.05, 0) is 0 Å². The van der Waals surface area contributed by atoms with Crippen LogP contribution in [0.1, 0.15) is 6.42 Å². The Bertz CT molecular complexity index is 263. The number of rotatable bonds is 2. The van der Waals surface area contributed by atoms with Crippen molar-refractivity contribution < 1.29 is 9.59 Å². The molecule has 6 heteroatoms. The highest BCUT2D eigenvalue weighted by atomic mass is 16.2. The highest BCUT2D eigenvalue weighted by molar-refractivity contribution is 6.10. The van der Waals surface area contributed by atoms with Crippen LogP contribution < -0.4 is 5.73 Å². The van der Waals surface area contributed by atoms with Crippen LogP contribution in [0, 0.1) is 5.41 Å². The average Bonchev–Trinajstić information content (AvgIpc) is 2.33. The third-order valence-electron chi connectivity index (χ3n) is 1.90. The van der Waals surface area contributed by atoms with Gasteiger partial charge < -0.3 is 5.73 Å². The quantitative estimate of drug-likeness (QED) is 0.551. The van der Waals surface area contributed by atoms with Gasteiger partial charge in [0.1, 0.15) is 6.54 Å². The van der Waals surface area contributed by atoms with Gasteiger partial charge in [-0.15, -0.1) is 0 Å². The molecule has 3 N–H and O–H groups in total. The minimum Gasteiger partial charge on any atom is -0.330 e. The van der Waals surface area contributed by atoms with Crippen molar-refractivity contribution in [1.29, 1.82) is 5.41 Å². The van der Waals surface area contributed by atoms with E-state index in [4.69, 9.17) is 11.1 Å².